The van der Waals surface area contributed by atoms with Gasteiger partial charge in [-0.3, -0.25) is 9.69 Å². The molecule has 7 nitrogen and oxygen atoms in total. The van der Waals surface area contributed by atoms with Crippen LogP contribution in [-0.2, 0) is 4.74 Å². The van der Waals surface area contributed by atoms with Crippen molar-refractivity contribution in [2.75, 3.05) is 39.4 Å². The molecule has 0 saturated carbocycles. The Morgan fingerprint density at radius 3 is 2.68 bits per heavy atom. The van der Waals surface area contributed by atoms with Gasteiger partial charge in [0, 0.05) is 37.3 Å². The van der Waals surface area contributed by atoms with E-state index < -0.39 is 0 Å². The standard InChI is InChI=1S/C20H21ClN4O3/c21-15-3-5-16(6-4-15)25-18(14-17(23-25)19-2-1-11-28-19)20(26)22-7-8-24-9-12-27-13-10-24/h1-6,11,14H,7-10,12-13H2,(H,22,26). The second-order valence-corrected chi connectivity index (χ2v) is 6.93. The van der Waals surface area contributed by atoms with Crippen molar-refractivity contribution in [1.82, 2.24) is 20.0 Å². The highest BCUT2D eigenvalue weighted by Gasteiger charge is 2.19. The number of benzene rings is 1. The maximum atomic E-state index is 12.9. The smallest absolute Gasteiger partial charge is 0.270 e. The molecule has 0 radical (unpaired) electrons. The van der Waals surface area contributed by atoms with Gasteiger partial charge in [0.2, 0.25) is 0 Å². The van der Waals surface area contributed by atoms with Gasteiger partial charge in [-0.1, -0.05) is 11.6 Å². The van der Waals surface area contributed by atoms with Gasteiger partial charge < -0.3 is 14.5 Å². The van der Waals surface area contributed by atoms with Crippen LogP contribution in [0.5, 0.6) is 0 Å². The molecule has 1 fully saturated rings. The van der Waals surface area contributed by atoms with E-state index in [1.54, 1.807) is 35.2 Å². The van der Waals surface area contributed by atoms with Crippen molar-refractivity contribution in [3.8, 4) is 17.1 Å². The molecule has 146 valence electrons. The fourth-order valence-corrected chi connectivity index (χ4v) is 3.24. The summed E-state index contributed by atoms with van der Waals surface area (Å²) >= 11 is 5.99. The van der Waals surface area contributed by atoms with Gasteiger partial charge >= 0.3 is 0 Å². The third-order valence-corrected chi connectivity index (χ3v) is 4.86. The quantitative estimate of drug-likeness (QED) is 0.688. The van der Waals surface area contributed by atoms with Gasteiger partial charge in [0.15, 0.2) is 5.76 Å². The SMILES string of the molecule is O=C(NCCN1CCOCC1)c1cc(-c2ccco2)nn1-c1ccc(Cl)cc1. The Labute approximate surface area is 167 Å². The van der Waals surface area contributed by atoms with Crippen molar-refractivity contribution in [1.29, 1.82) is 0 Å². The lowest BCUT2D eigenvalue weighted by Crippen LogP contribution is -2.41. The van der Waals surface area contributed by atoms with Crippen LogP contribution in [-0.4, -0.2) is 60.0 Å². The molecule has 0 unspecified atom stereocenters. The Kier molecular flexibility index (Phi) is 5.76. The van der Waals surface area contributed by atoms with E-state index in [1.165, 1.54) is 0 Å². The van der Waals surface area contributed by atoms with E-state index in [-0.39, 0.29) is 5.91 Å². The highest BCUT2D eigenvalue weighted by Crippen LogP contribution is 2.23. The highest BCUT2D eigenvalue weighted by atomic mass is 35.5. The minimum Gasteiger partial charge on any atom is -0.463 e. The van der Waals surface area contributed by atoms with E-state index in [2.05, 4.69) is 15.3 Å². The average molecular weight is 401 g/mol. The van der Waals surface area contributed by atoms with Gasteiger partial charge in [-0.15, -0.1) is 0 Å². The number of hydrogen-bond donors (Lipinski definition) is 1. The van der Waals surface area contributed by atoms with Crippen LogP contribution < -0.4 is 5.32 Å². The molecule has 1 aliphatic heterocycles. The minimum atomic E-state index is -0.187. The van der Waals surface area contributed by atoms with Crippen LogP contribution in [0.4, 0.5) is 0 Å². The Hall–Kier alpha value is -2.61. The molecule has 3 aromatic rings. The zero-order chi connectivity index (χ0) is 19.3. The summed E-state index contributed by atoms with van der Waals surface area (Å²) in [4.78, 5) is 15.1. The van der Waals surface area contributed by atoms with Gasteiger partial charge in [-0.25, -0.2) is 4.68 Å². The number of nitrogens with zero attached hydrogens (tertiary/aromatic N) is 3. The van der Waals surface area contributed by atoms with Crippen LogP contribution in [0.1, 0.15) is 10.5 Å². The third kappa shape index (κ3) is 4.27. The second-order valence-electron chi connectivity index (χ2n) is 6.49. The lowest BCUT2D eigenvalue weighted by molar-refractivity contribution is 0.0383. The maximum absolute atomic E-state index is 12.9. The Morgan fingerprint density at radius 1 is 1.18 bits per heavy atom. The van der Waals surface area contributed by atoms with E-state index in [4.69, 9.17) is 20.8 Å². The Bertz CT molecular complexity index is 916. The van der Waals surface area contributed by atoms with E-state index >= 15 is 0 Å². The Morgan fingerprint density at radius 2 is 1.96 bits per heavy atom. The predicted molar refractivity (Wildman–Crippen MR) is 106 cm³/mol. The first-order chi connectivity index (χ1) is 13.7. The Balaban J connectivity index is 1.53. The molecule has 2 aromatic heterocycles. The first-order valence-corrected chi connectivity index (χ1v) is 9.57. The average Bonchev–Trinajstić information content (AvgIpc) is 3.39. The van der Waals surface area contributed by atoms with Crippen LogP contribution >= 0.6 is 11.6 Å². The van der Waals surface area contributed by atoms with Gasteiger partial charge in [0.25, 0.3) is 5.91 Å². The summed E-state index contributed by atoms with van der Waals surface area (Å²) < 4.78 is 12.4. The number of furan rings is 1. The van der Waals surface area contributed by atoms with Crippen LogP contribution in [0.15, 0.2) is 53.1 Å². The molecule has 28 heavy (non-hydrogen) atoms. The number of rotatable bonds is 6. The number of morpholine rings is 1. The molecule has 1 saturated heterocycles. The van der Waals surface area contributed by atoms with Crippen molar-refractivity contribution in [2.45, 2.75) is 0 Å². The summed E-state index contributed by atoms with van der Waals surface area (Å²) in [6.45, 7) is 4.60. The summed E-state index contributed by atoms with van der Waals surface area (Å²) in [5.74, 6) is 0.420. The molecular weight excluding hydrogens is 380 g/mol. The van der Waals surface area contributed by atoms with Crippen molar-refractivity contribution in [3.05, 3.63) is 59.4 Å². The van der Waals surface area contributed by atoms with Crippen LogP contribution in [0.2, 0.25) is 5.02 Å². The van der Waals surface area contributed by atoms with E-state index in [1.807, 2.05) is 18.2 Å². The summed E-state index contributed by atoms with van der Waals surface area (Å²) in [6, 6.07) is 12.5. The van der Waals surface area contributed by atoms with Gasteiger partial charge in [-0.05, 0) is 36.4 Å². The largest absolute Gasteiger partial charge is 0.463 e. The normalized spacial score (nSPS) is 14.9. The highest BCUT2D eigenvalue weighted by molar-refractivity contribution is 6.30. The number of aromatic nitrogens is 2. The summed E-state index contributed by atoms with van der Waals surface area (Å²) in [6.07, 6.45) is 1.58. The molecule has 1 N–H and O–H groups in total. The lowest BCUT2D eigenvalue weighted by Gasteiger charge is -2.26. The minimum absolute atomic E-state index is 0.187. The fourth-order valence-electron chi connectivity index (χ4n) is 3.11. The molecule has 3 heterocycles. The van der Waals surface area contributed by atoms with Crippen molar-refractivity contribution in [3.63, 3.8) is 0 Å². The van der Waals surface area contributed by atoms with Crippen LogP contribution in [0.3, 0.4) is 0 Å². The number of ether oxygens (including phenoxy) is 1. The summed E-state index contributed by atoms with van der Waals surface area (Å²) in [7, 11) is 0. The molecule has 0 aliphatic carbocycles. The predicted octanol–water partition coefficient (Wildman–Crippen LogP) is 2.85. The first-order valence-electron chi connectivity index (χ1n) is 9.19. The van der Waals surface area contributed by atoms with Gasteiger partial charge in [0.1, 0.15) is 11.4 Å². The number of nitrogens with one attached hydrogen (secondary N) is 1. The molecule has 0 bridgehead atoms. The number of hydrogen-bond acceptors (Lipinski definition) is 5. The number of carbonyl (C=O) groups is 1. The molecule has 8 heteroatoms. The van der Waals surface area contributed by atoms with Crippen molar-refractivity contribution >= 4 is 17.5 Å². The maximum Gasteiger partial charge on any atom is 0.270 e. The molecular formula is C20H21ClN4O3. The lowest BCUT2D eigenvalue weighted by atomic mass is 10.2. The third-order valence-electron chi connectivity index (χ3n) is 4.60. The molecule has 0 atom stereocenters. The molecule has 4 rings (SSSR count). The van der Waals surface area contributed by atoms with Gasteiger partial charge in [-0.2, -0.15) is 5.10 Å². The topological polar surface area (TPSA) is 72.5 Å². The zero-order valence-electron chi connectivity index (χ0n) is 15.3. The van der Waals surface area contributed by atoms with Crippen molar-refractivity contribution in [2.24, 2.45) is 0 Å². The number of amides is 1. The van der Waals surface area contributed by atoms with Crippen molar-refractivity contribution < 1.29 is 13.9 Å². The molecule has 1 aromatic carbocycles. The molecule has 0 spiro atoms. The second kappa shape index (κ2) is 8.60. The fraction of sp³-hybridized carbons (Fsp3) is 0.300. The van der Waals surface area contributed by atoms with E-state index in [9.17, 15) is 4.79 Å². The number of carbonyl (C=O) groups excluding carboxylic acids is 1. The first kappa shape index (κ1) is 18.7. The molecule has 1 amide bonds. The molecule has 1 aliphatic rings. The van der Waals surface area contributed by atoms with Gasteiger partial charge in [0.05, 0.1) is 25.2 Å². The number of halogens is 1. The zero-order valence-corrected chi connectivity index (χ0v) is 16.1. The monoisotopic (exact) mass is 400 g/mol. The van der Waals surface area contributed by atoms with E-state index in [0.29, 0.717) is 28.7 Å². The summed E-state index contributed by atoms with van der Waals surface area (Å²) in [5, 5.41) is 8.17. The summed E-state index contributed by atoms with van der Waals surface area (Å²) in [5.41, 5.74) is 1.79. The van der Waals surface area contributed by atoms with E-state index in [0.717, 1.165) is 38.5 Å². The van der Waals surface area contributed by atoms with Crippen LogP contribution in [0, 0.1) is 0 Å². The van der Waals surface area contributed by atoms with Crippen LogP contribution in [0.25, 0.3) is 17.1 Å².